The van der Waals surface area contributed by atoms with Crippen molar-refractivity contribution < 1.29 is 34.5 Å². The Morgan fingerprint density at radius 1 is 0.613 bits per heavy atom. The van der Waals surface area contributed by atoms with Crippen LogP contribution in [-0.2, 0) is 19.2 Å². The zero-order chi connectivity index (χ0) is 23.2. The van der Waals surface area contributed by atoms with Crippen LogP contribution in [0.2, 0.25) is 0 Å². The van der Waals surface area contributed by atoms with Gasteiger partial charge in [0.15, 0.2) is 0 Å². The molecule has 0 spiro atoms. The van der Waals surface area contributed by atoms with Gasteiger partial charge < -0.3 is 20.6 Å². The predicted octanol–water partition coefficient (Wildman–Crippen LogP) is -2.49. The summed E-state index contributed by atoms with van der Waals surface area (Å²) in [6.45, 7) is 2.92. The molecule has 4 N–H and O–H groups in total. The minimum atomic E-state index is -1.000. The minimum Gasteiger partial charge on any atom is -0.480 e. The van der Waals surface area contributed by atoms with E-state index in [1.54, 1.807) is 14.7 Å². The van der Waals surface area contributed by atoms with Crippen LogP contribution in [0.4, 0.5) is 0 Å². The molecule has 1 aliphatic heterocycles. The molecule has 1 saturated heterocycles. The van der Waals surface area contributed by atoms with Crippen molar-refractivity contribution in [3.8, 4) is 0 Å². The number of carboxylic acids is 3. The Morgan fingerprint density at radius 3 is 1.16 bits per heavy atom. The molecule has 0 unspecified atom stereocenters. The lowest BCUT2D eigenvalue weighted by Crippen LogP contribution is -2.49. The van der Waals surface area contributed by atoms with E-state index in [0.717, 1.165) is 0 Å². The monoisotopic (exact) mass is 463 g/mol. The van der Waals surface area contributed by atoms with Crippen molar-refractivity contribution >= 4 is 36.4 Å². The maximum absolute atomic E-state index is 12.1. The van der Waals surface area contributed by atoms with E-state index in [1.807, 2.05) is 4.90 Å². The van der Waals surface area contributed by atoms with Crippen LogP contribution in [0, 0.1) is 0 Å². The lowest BCUT2D eigenvalue weighted by Gasteiger charge is -2.32. The first-order valence-electron chi connectivity index (χ1n) is 10.1. The van der Waals surface area contributed by atoms with Crippen LogP contribution in [0.1, 0.15) is 0 Å². The molecule has 13 heteroatoms. The SMILES string of the molecule is O=C(O)CN1CCN(CC(=O)O)CCN(CC(=O)NCCS)CCN(CC(=O)O)CC1. The Bertz CT molecular complexity index is 578. The molecule has 0 bridgehead atoms. The summed E-state index contributed by atoms with van der Waals surface area (Å²) in [6, 6.07) is 0. The fourth-order valence-corrected chi connectivity index (χ4v) is 3.35. The van der Waals surface area contributed by atoms with Gasteiger partial charge >= 0.3 is 17.9 Å². The summed E-state index contributed by atoms with van der Waals surface area (Å²) >= 11 is 4.06. The van der Waals surface area contributed by atoms with Crippen molar-refractivity contribution in [1.29, 1.82) is 0 Å². The zero-order valence-corrected chi connectivity index (χ0v) is 18.5. The van der Waals surface area contributed by atoms with Crippen molar-refractivity contribution in [3.63, 3.8) is 0 Å². The number of carbonyl (C=O) groups excluding carboxylic acids is 1. The molecule has 0 saturated carbocycles. The number of nitrogens with one attached hydrogen (secondary N) is 1. The molecule has 1 amide bonds. The number of carbonyl (C=O) groups is 4. The highest BCUT2D eigenvalue weighted by Crippen LogP contribution is 2.01. The molecule has 0 radical (unpaired) electrons. The molecule has 1 fully saturated rings. The van der Waals surface area contributed by atoms with E-state index in [-0.39, 0.29) is 32.1 Å². The predicted molar refractivity (Wildman–Crippen MR) is 116 cm³/mol. The molecule has 1 rings (SSSR count). The van der Waals surface area contributed by atoms with Crippen molar-refractivity contribution in [1.82, 2.24) is 24.9 Å². The van der Waals surface area contributed by atoms with Crippen LogP contribution in [-0.4, -0.2) is 150 Å². The van der Waals surface area contributed by atoms with Crippen molar-refractivity contribution in [2.75, 3.05) is 90.8 Å². The van der Waals surface area contributed by atoms with Crippen molar-refractivity contribution in [2.24, 2.45) is 0 Å². The second-order valence-corrected chi connectivity index (χ2v) is 7.81. The third kappa shape index (κ3) is 13.2. The maximum atomic E-state index is 12.1. The Balaban J connectivity index is 2.91. The summed E-state index contributed by atoms with van der Waals surface area (Å²) in [4.78, 5) is 52.8. The normalized spacial score (nSPS) is 18.6. The van der Waals surface area contributed by atoms with Gasteiger partial charge in [0.05, 0.1) is 26.2 Å². The van der Waals surface area contributed by atoms with E-state index in [0.29, 0.717) is 64.7 Å². The van der Waals surface area contributed by atoms with Crippen molar-refractivity contribution in [3.05, 3.63) is 0 Å². The van der Waals surface area contributed by atoms with Crippen molar-refractivity contribution in [2.45, 2.75) is 0 Å². The van der Waals surface area contributed by atoms with E-state index in [2.05, 4.69) is 17.9 Å². The molecule has 0 aliphatic carbocycles. The van der Waals surface area contributed by atoms with Gasteiger partial charge in [0.25, 0.3) is 0 Å². The quantitative estimate of drug-likeness (QED) is 0.219. The molecule has 0 aromatic rings. The molecular formula is C18H33N5O7S. The first-order valence-corrected chi connectivity index (χ1v) is 10.7. The third-order valence-corrected chi connectivity index (χ3v) is 5.03. The van der Waals surface area contributed by atoms with Gasteiger partial charge in [0.2, 0.25) is 5.91 Å². The van der Waals surface area contributed by atoms with Gasteiger partial charge in [0.1, 0.15) is 0 Å². The number of thiol groups is 1. The fraction of sp³-hybridized carbons (Fsp3) is 0.778. The van der Waals surface area contributed by atoms with Gasteiger partial charge in [-0.2, -0.15) is 12.6 Å². The summed E-state index contributed by atoms with van der Waals surface area (Å²) in [6.07, 6.45) is 0. The molecule has 0 aromatic carbocycles. The Labute approximate surface area is 187 Å². The molecule has 31 heavy (non-hydrogen) atoms. The molecule has 0 atom stereocenters. The maximum Gasteiger partial charge on any atom is 0.317 e. The largest absolute Gasteiger partial charge is 0.480 e. The number of aliphatic carboxylic acids is 3. The average Bonchev–Trinajstić information content (AvgIpc) is 2.67. The first kappa shape index (κ1) is 27.1. The van der Waals surface area contributed by atoms with Gasteiger partial charge in [0, 0.05) is 64.7 Å². The number of hydrogen-bond acceptors (Lipinski definition) is 9. The van der Waals surface area contributed by atoms with Gasteiger partial charge in [-0.15, -0.1) is 0 Å². The van der Waals surface area contributed by atoms with E-state index in [1.165, 1.54) is 0 Å². The van der Waals surface area contributed by atoms with E-state index >= 15 is 0 Å². The van der Waals surface area contributed by atoms with Crippen LogP contribution in [0.15, 0.2) is 0 Å². The number of carboxylic acid groups (broad SMARTS) is 3. The van der Waals surface area contributed by atoms with Gasteiger partial charge in [-0.3, -0.25) is 38.8 Å². The molecule has 12 nitrogen and oxygen atoms in total. The average molecular weight is 464 g/mol. The van der Waals surface area contributed by atoms with Crippen LogP contribution >= 0.6 is 12.6 Å². The first-order chi connectivity index (χ1) is 14.7. The third-order valence-electron chi connectivity index (χ3n) is 4.81. The lowest BCUT2D eigenvalue weighted by atomic mass is 10.3. The van der Waals surface area contributed by atoms with E-state index in [9.17, 15) is 29.4 Å². The lowest BCUT2D eigenvalue weighted by molar-refractivity contribution is -0.140. The smallest absolute Gasteiger partial charge is 0.317 e. The Kier molecular flexibility index (Phi) is 13.1. The van der Waals surface area contributed by atoms with Gasteiger partial charge in [-0.1, -0.05) is 0 Å². The summed E-state index contributed by atoms with van der Waals surface area (Å²) in [5, 5.41) is 30.3. The number of amides is 1. The van der Waals surface area contributed by atoms with Crippen LogP contribution in [0.25, 0.3) is 0 Å². The standard InChI is InChI=1S/C18H33N5O7S/c24-15(19-1-10-31)11-20-2-4-21(12-16(25)26)6-8-23(14-18(29)30)9-7-22(5-3-20)13-17(27)28/h31H,1-14H2,(H,19,24)(H,25,26)(H,27,28)(H,29,30). The highest BCUT2D eigenvalue weighted by Gasteiger charge is 2.20. The highest BCUT2D eigenvalue weighted by atomic mass is 32.1. The van der Waals surface area contributed by atoms with Crippen LogP contribution in [0.3, 0.4) is 0 Å². The molecule has 1 aliphatic rings. The van der Waals surface area contributed by atoms with E-state index < -0.39 is 17.9 Å². The fourth-order valence-electron chi connectivity index (χ4n) is 3.24. The zero-order valence-electron chi connectivity index (χ0n) is 17.6. The molecule has 0 aromatic heterocycles. The van der Waals surface area contributed by atoms with Gasteiger partial charge in [-0.05, 0) is 0 Å². The molecular weight excluding hydrogens is 430 g/mol. The minimum absolute atomic E-state index is 0.112. The molecule has 178 valence electrons. The number of nitrogens with zero attached hydrogens (tertiary/aromatic N) is 4. The Morgan fingerprint density at radius 2 is 0.903 bits per heavy atom. The second-order valence-electron chi connectivity index (χ2n) is 7.36. The summed E-state index contributed by atoms with van der Waals surface area (Å²) in [7, 11) is 0. The molecule has 1 heterocycles. The van der Waals surface area contributed by atoms with Crippen LogP contribution in [0.5, 0.6) is 0 Å². The van der Waals surface area contributed by atoms with E-state index in [4.69, 9.17) is 5.11 Å². The number of hydrogen-bond donors (Lipinski definition) is 5. The summed E-state index contributed by atoms with van der Waals surface area (Å²) in [5.74, 6) is -2.63. The summed E-state index contributed by atoms with van der Waals surface area (Å²) in [5.41, 5.74) is 0. The highest BCUT2D eigenvalue weighted by molar-refractivity contribution is 7.80. The van der Waals surface area contributed by atoms with Gasteiger partial charge in [-0.25, -0.2) is 0 Å². The number of rotatable bonds is 10. The summed E-state index contributed by atoms with van der Waals surface area (Å²) < 4.78 is 0. The Hall–Kier alpha value is -1.93. The topological polar surface area (TPSA) is 154 Å². The second kappa shape index (κ2) is 15.0. The van der Waals surface area contributed by atoms with Crippen LogP contribution < -0.4 is 5.32 Å².